The van der Waals surface area contributed by atoms with Crippen LogP contribution in [-0.4, -0.2) is 56.4 Å². The van der Waals surface area contributed by atoms with Gasteiger partial charge >= 0.3 is 5.69 Å². The van der Waals surface area contributed by atoms with E-state index in [2.05, 4.69) is 45.2 Å². The molecule has 2 aliphatic rings. The topological polar surface area (TPSA) is 46.3 Å². The van der Waals surface area contributed by atoms with Crippen LogP contribution in [0.1, 0.15) is 17.8 Å². The van der Waals surface area contributed by atoms with E-state index in [9.17, 15) is 4.79 Å². The molecule has 0 spiro atoms. The summed E-state index contributed by atoms with van der Waals surface area (Å²) < 4.78 is 3.28. The highest BCUT2D eigenvalue weighted by atomic mass is 16.2. The van der Waals surface area contributed by atoms with Crippen LogP contribution in [0.15, 0.2) is 35.1 Å². The predicted molar refractivity (Wildman–Crippen MR) is 92.9 cm³/mol. The molecule has 4 rings (SSSR count). The minimum absolute atomic E-state index is 0.0144. The first-order valence-electron chi connectivity index (χ1n) is 8.84. The second-order valence-corrected chi connectivity index (χ2v) is 6.92. The van der Waals surface area contributed by atoms with Crippen molar-refractivity contribution in [3.05, 3.63) is 52.2 Å². The smallest absolute Gasteiger partial charge is 0.301 e. The molecule has 0 unspecified atom stereocenters. The Balaban J connectivity index is 1.33. The van der Waals surface area contributed by atoms with Gasteiger partial charge in [0.25, 0.3) is 0 Å². The van der Waals surface area contributed by atoms with E-state index >= 15 is 0 Å². The van der Waals surface area contributed by atoms with E-state index in [1.54, 1.807) is 7.05 Å². The van der Waals surface area contributed by atoms with Crippen LogP contribution in [0.2, 0.25) is 0 Å². The molecule has 6 nitrogen and oxygen atoms in total. The Morgan fingerprint density at radius 1 is 1.17 bits per heavy atom. The van der Waals surface area contributed by atoms with Crippen LogP contribution in [0.3, 0.4) is 0 Å². The van der Waals surface area contributed by atoms with Crippen molar-refractivity contribution in [2.45, 2.75) is 32.0 Å². The summed E-state index contributed by atoms with van der Waals surface area (Å²) in [6.07, 6.45) is 2.33. The first-order chi connectivity index (χ1) is 11.7. The molecule has 1 aromatic carbocycles. The van der Waals surface area contributed by atoms with Gasteiger partial charge in [0.1, 0.15) is 5.82 Å². The lowest BCUT2D eigenvalue weighted by molar-refractivity contribution is 0.151. The summed E-state index contributed by atoms with van der Waals surface area (Å²) >= 11 is 0. The van der Waals surface area contributed by atoms with Crippen LogP contribution in [0.5, 0.6) is 0 Å². The van der Waals surface area contributed by atoms with Gasteiger partial charge in [-0.25, -0.2) is 9.48 Å². The molecule has 3 heterocycles. The first-order valence-corrected chi connectivity index (χ1v) is 8.84. The first kappa shape index (κ1) is 15.6. The molecule has 0 bridgehead atoms. The fraction of sp³-hybridized carbons (Fsp3) is 0.556. The van der Waals surface area contributed by atoms with E-state index in [-0.39, 0.29) is 5.69 Å². The van der Waals surface area contributed by atoms with Crippen molar-refractivity contribution in [1.29, 1.82) is 0 Å². The molecule has 0 saturated carbocycles. The van der Waals surface area contributed by atoms with Gasteiger partial charge in [0.2, 0.25) is 0 Å². The lowest BCUT2D eigenvalue weighted by Crippen LogP contribution is -2.44. The molecule has 2 aliphatic heterocycles. The predicted octanol–water partition coefficient (Wildman–Crippen LogP) is 0.714. The maximum absolute atomic E-state index is 11.9. The summed E-state index contributed by atoms with van der Waals surface area (Å²) in [5, 5.41) is 4.38. The highest BCUT2D eigenvalue weighted by Gasteiger charge is 2.31. The van der Waals surface area contributed by atoms with E-state index in [1.807, 2.05) is 4.57 Å². The van der Waals surface area contributed by atoms with Gasteiger partial charge in [-0.2, -0.15) is 5.10 Å². The van der Waals surface area contributed by atoms with Gasteiger partial charge in [0.15, 0.2) is 0 Å². The van der Waals surface area contributed by atoms with Crippen LogP contribution in [0.4, 0.5) is 0 Å². The standard InChI is InChI=1S/C18H25N5O/c1-20-18(24)23-12-11-22(14-17(23)19-20)16-8-10-21(13-16)9-7-15-5-3-2-4-6-15/h2-6,16H,7-14H2,1H3/t16-/m0/s1. The van der Waals surface area contributed by atoms with Gasteiger partial charge in [0, 0.05) is 39.3 Å². The van der Waals surface area contributed by atoms with Crippen LogP contribution in [-0.2, 0) is 26.6 Å². The third-order valence-electron chi connectivity index (χ3n) is 5.36. The Labute approximate surface area is 142 Å². The van der Waals surface area contributed by atoms with Crippen molar-refractivity contribution in [1.82, 2.24) is 24.1 Å². The number of benzene rings is 1. The summed E-state index contributed by atoms with van der Waals surface area (Å²) in [5.74, 6) is 0.913. The van der Waals surface area contributed by atoms with E-state index in [0.29, 0.717) is 6.04 Å². The second kappa shape index (κ2) is 6.53. The van der Waals surface area contributed by atoms with Gasteiger partial charge in [0.05, 0.1) is 6.54 Å². The number of aryl methyl sites for hydroxylation is 1. The molecule has 1 aromatic heterocycles. The lowest BCUT2D eigenvalue weighted by Gasteiger charge is -2.31. The minimum atomic E-state index is 0.0144. The summed E-state index contributed by atoms with van der Waals surface area (Å²) in [6, 6.07) is 11.3. The van der Waals surface area contributed by atoms with E-state index in [0.717, 1.165) is 45.0 Å². The molecule has 24 heavy (non-hydrogen) atoms. The Kier molecular flexibility index (Phi) is 4.24. The maximum atomic E-state index is 11.9. The van der Waals surface area contributed by atoms with Gasteiger partial charge in [-0.05, 0) is 24.9 Å². The highest BCUT2D eigenvalue weighted by molar-refractivity contribution is 5.15. The summed E-state index contributed by atoms with van der Waals surface area (Å²) in [6.45, 7) is 5.95. The lowest BCUT2D eigenvalue weighted by atomic mass is 10.1. The van der Waals surface area contributed by atoms with Gasteiger partial charge < -0.3 is 4.90 Å². The molecule has 0 radical (unpaired) electrons. The Hall–Kier alpha value is -1.92. The molecule has 1 fully saturated rings. The zero-order chi connectivity index (χ0) is 16.5. The van der Waals surface area contributed by atoms with Gasteiger partial charge in [-0.1, -0.05) is 30.3 Å². The molecule has 0 aliphatic carbocycles. The number of nitrogens with zero attached hydrogens (tertiary/aromatic N) is 5. The van der Waals surface area contributed by atoms with Crippen LogP contribution in [0, 0.1) is 0 Å². The Morgan fingerprint density at radius 3 is 2.83 bits per heavy atom. The zero-order valence-electron chi connectivity index (χ0n) is 14.3. The number of hydrogen-bond acceptors (Lipinski definition) is 4. The maximum Gasteiger partial charge on any atom is 0.345 e. The second-order valence-electron chi connectivity index (χ2n) is 6.92. The van der Waals surface area contributed by atoms with Crippen LogP contribution >= 0.6 is 0 Å². The molecule has 128 valence electrons. The third kappa shape index (κ3) is 3.03. The molecular weight excluding hydrogens is 302 g/mol. The van der Waals surface area contributed by atoms with Crippen LogP contribution < -0.4 is 5.69 Å². The zero-order valence-corrected chi connectivity index (χ0v) is 14.3. The Bertz CT molecular complexity index is 751. The molecule has 1 saturated heterocycles. The third-order valence-corrected chi connectivity index (χ3v) is 5.36. The fourth-order valence-corrected chi connectivity index (χ4v) is 3.94. The quantitative estimate of drug-likeness (QED) is 0.830. The number of rotatable bonds is 4. The Morgan fingerprint density at radius 2 is 2.00 bits per heavy atom. The van der Waals surface area contributed by atoms with Crippen molar-refractivity contribution in [2.24, 2.45) is 7.05 Å². The van der Waals surface area contributed by atoms with E-state index in [4.69, 9.17) is 0 Å². The van der Waals surface area contributed by atoms with Gasteiger partial charge in [-0.15, -0.1) is 0 Å². The molecular formula is C18H25N5O. The summed E-state index contributed by atoms with van der Waals surface area (Å²) in [5.41, 5.74) is 1.43. The van der Waals surface area contributed by atoms with Crippen LogP contribution in [0.25, 0.3) is 0 Å². The monoisotopic (exact) mass is 327 g/mol. The van der Waals surface area contributed by atoms with Crippen molar-refractivity contribution in [3.8, 4) is 0 Å². The molecule has 1 atom stereocenters. The van der Waals surface area contributed by atoms with Crippen molar-refractivity contribution >= 4 is 0 Å². The minimum Gasteiger partial charge on any atom is -0.301 e. The fourth-order valence-electron chi connectivity index (χ4n) is 3.94. The summed E-state index contributed by atoms with van der Waals surface area (Å²) in [4.78, 5) is 17.0. The van der Waals surface area contributed by atoms with Crippen molar-refractivity contribution in [2.75, 3.05) is 26.2 Å². The normalized spacial score (nSPS) is 22.0. The number of likely N-dealkylation sites (tertiary alicyclic amines) is 1. The largest absolute Gasteiger partial charge is 0.345 e. The molecule has 2 aromatic rings. The highest BCUT2D eigenvalue weighted by Crippen LogP contribution is 2.20. The molecule has 0 N–H and O–H groups in total. The average Bonchev–Trinajstić information content (AvgIpc) is 3.19. The average molecular weight is 327 g/mol. The van der Waals surface area contributed by atoms with Gasteiger partial charge in [-0.3, -0.25) is 9.47 Å². The van der Waals surface area contributed by atoms with E-state index < -0.39 is 0 Å². The SMILES string of the molecule is Cn1nc2n(c1=O)CCN([C@H]1CCN(CCc3ccccc3)C1)C2. The van der Waals surface area contributed by atoms with Crippen molar-refractivity contribution in [3.63, 3.8) is 0 Å². The van der Waals surface area contributed by atoms with E-state index in [1.165, 1.54) is 23.2 Å². The summed E-state index contributed by atoms with van der Waals surface area (Å²) in [7, 11) is 1.73. The molecule has 0 amide bonds. The number of hydrogen-bond donors (Lipinski definition) is 0. The van der Waals surface area contributed by atoms with Crippen molar-refractivity contribution < 1.29 is 0 Å². The molecule has 6 heteroatoms. The number of fused-ring (bicyclic) bond motifs is 1. The number of aromatic nitrogens is 3.